The molecule has 1 heterocycles. The van der Waals surface area contributed by atoms with E-state index in [2.05, 4.69) is 15.7 Å². The number of benzene rings is 2. The highest BCUT2D eigenvalue weighted by molar-refractivity contribution is 7.80. The van der Waals surface area contributed by atoms with E-state index in [0.29, 0.717) is 23.8 Å². The molecular weight excluding hydrogens is 388 g/mol. The van der Waals surface area contributed by atoms with Crippen molar-refractivity contribution in [1.82, 2.24) is 9.78 Å². The summed E-state index contributed by atoms with van der Waals surface area (Å²) in [6.45, 7) is 2.74. The van der Waals surface area contributed by atoms with E-state index in [4.69, 9.17) is 21.7 Å². The first kappa shape index (κ1) is 20.3. The molecule has 0 unspecified atom stereocenters. The van der Waals surface area contributed by atoms with Gasteiger partial charge < -0.3 is 20.1 Å². The molecule has 1 aromatic heterocycles. The van der Waals surface area contributed by atoms with E-state index in [1.807, 2.05) is 35.1 Å². The second-order valence-electron chi connectivity index (χ2n) is 6.16. The number of carbonyl (C=O) groups is 1. The van der Waals surface area contributed by atoms with Crippen molar-refractivity contribution in [2.45, 2.75) is 13.5 Å². The van der Waals surface area contributed by atoms with Crippen molar-refractivity contribution in [1.29, 1.82) is 0 Å². The molecule has 2 N–H and O–H groups in total. The summed E-state index contributed by atoms with van der Waals surface area (Å²) in [6.07, 6.45) is 3.58. The van der Waals surface area contributed by atoms with Crippen molar-refractivity contribution in [2.24, 2.45) is 0 Å². The summed E-state index contributed by atoms with van der Waals surface area (Å²) in [7, 11) is 1.65. The first-order valence-corrected chi connectivity index (χ1v) is 9.49. The zero-order chi connectivity index (χ0) is 20.6. The number of ether oxygens (including phenoxy) is 2. The molecule has 0 aliphatic carbocycles. The molecule has 0 bridgehead atoms. The van der Waals surface area contributed by atoms with Gasteiger partial charge in [0.2, 0.25) is 0 Å². The molecule has 0 saturated heterocycles. The Kier molecular flexibility index (Phi) is 6.80. The second kappa shape index (κ2) is 9.70. The molecule has 3 aromatic rings. The van der Waals surface area contributed by atoms with Crippen LogP contribution in [0.25, 0.3) is 0 Å². The van der Waals surface area contributed by atoms with Gasteiger partial charge in [0.25, 0.3) is 0 Å². The van der Waals surface area contributed by atoms with Crippen LogP contribution in [0.15, 0.2) is 60.9 Å². The predicted molar refractivity (Wildman–Crippen MR) is 117 cm³/mol. The van der Waals surface area contributed by atoms with Gasteiger partial charge in [-0.15, -0.1) is 0 Å². The van der Waals surface area contributed by atoms with Gasteiger partial charge in [0.1, 0.15) is 5.75 Å². The molecule has 0 fully saturated rings. The van der Waals surface area contributed by atoms with Gasteiger partial charge in [-0.25, -0.2) is 4.79 Å². The van der Waals surface area contributed by atoms with Crippen LogP contribution in [-0.2, 0) is 11.3 Å². The largest absolute Gasteiger partial charge is 0.497 e. The van der Waals surface area contributed by atoms with Crippen LogP contribution in [0.4, 0.5) is 11.4 Å². The van der Waals surface area contributed by atoms with Crippen molar-refractivity contribution >= 4 is 34.7 Å². The van der Waals surface area contributed by atoms with Crippen LogP contribution in [0.2, 0.25) is 0 Å². The summed E-state index contributed by atoms with van der Waals surface area (Å²) in [5.41, 5.74) is 3.12. The van der Waals surface area contributed by atoms with E-state index in [1.54, 1.807) is 44.5 Å². The van der Waals surface area contributed by atoms with Crippen LogP contribution >= 0.6 is 12.2 Å². The fourth-order valence-electron chi connectivity index (χ4n) is 2.67. The molecule has 0 atom stereocenters. The van der Waals surface area contributed by atoms with E-state index in [0.717, 1.165) is 22.7 Å². The summed E-state index contributed by atoms with van der Waals surface area (Å²) >= 11 is 5.35. The van der Waals surface area contributed by atoms with Crippen molar-refractivity contribution < 1.29 is 14.3 Å². The molecule has 0 aliphatic rings. The molecular formula is C21H22N4O3S. The molecule has 29 heavy (non-hydrogen) atoms. The van der Waals surface area contributed by atoms with E-state index in [9.17, 15) is 4.79 Å². The van der Waals surface area contributed by atoms with Gasteiger partial charge in [-0.1, -0.05) is 12.1 Å². The number of thiocarbonyl (C=S) groups is 1. The molecule has 0 aliphatic heterocycles. The minimum atomic E-state index is -0.344. The van der Waals surface area contributed by atoms with Crippen LogP contribution in [0.3, 0.4) is 0 Å². The maximum Gasteiger partial charge on any atom is 0.338 e. The van der Waals surface area contributed by atoms with Gasteiger partial charge in [0.05, 0.1) is 37.7 Å². The number of hydrogen-bond acceptors (Lipinski definition) is 5. The smallest absolute Gasteiger partial charge is 0.338 e. The average Bonchev–Trinajstić information content (AvgIpc) is 3.15. The Morgan fingerprint density at radius 1 is 1.14 bits per heavy atom. The molecule has 8 heteroatoms. The van der Waals surface area contributed by atoms with E-state index in [-0.39, 0.29) is 5.97 Å². The number of carbonyl (C=O) groups excluding carboxylic acids is 1. The third kappa shape index (κ3) is 5.79. The summed E-state index contributed by atoms with van der Waals surface area (Å²) in [5, 5.41) is 11.0. The Hall–Kier alpha value is -3.39. The molecule has 0 saturated carbocycles. The summed E-state index contributed by atoms with van der Waals surface area (Å²) < 4.78 is 12.0. The van der Waals surface area contributed by atoms with E-state index < -0.39 is 0 Å². The fourth-order valence-corrected chi connectivity index (χ4v) is 2.91. The molecule has 150 valence electrons. The summed E-state index contributed by atoms with van der Waals surface area (Å²) in [5.74, 6) is 0.468. The lowest BCUT2D eigenvalue weighted by molar-refractivity contribution is 0.0526. The van der Waals surface area contributed by atoms with Gasteiger partial charge in [0.15, 0.2) is 5.11 Å². The lowest BCUT2D eigenvalue weighted by Crippen LogP contribution is -2.18. The molecule has 0 amide bonds. The van der Waals surface area contributed by atoms with Crippen LogP contribution in [-0.4, -0.2) is 34.6 Å². The Balaban J connectivity index is 1.55. The number of anilines is 2. The average molecular weight is 410 g/mol. The maximum absolute atomic E-state index is 11.7. The quantitative estimate of drug-likeness (QED) is 0.451. The lowest BCUT2D eigenvalue weighted by Gasteiger charge is -2.09. The Morgan fingerprint density at radius 2 is 1.90 bits per heavy atom. The highest BCUT2D eigenvalue weighted by atomic mass is 32.1. The Bertz CT molecular complexity index is 986. The van der Waals surface area contributed by atoms with Crippen LogP contribution in [0.5, 0.6) is 5.75 Å². The normalized spacial score (nSPS) is 10.3. The number of hydrogen-bond donors (Lipinski definition) is 2. The molecule has 7 nitrogen and oxygen atoms in total. The van der Waals surface area contributed by atoms with Gasteiger partial charge in [-0.2, -0.15) is 5.10 Å². The van der Waals surface area contributed by atoms with Gasteiger partial charge in [0, 0.05) is 11.9 Å². The van der Waals surface area contributed by atoms with Gasteiger partial charge >= 0.3 is 5.97 Å². The first-order valence-electron chi connectivity index (χ1n) is 9.08. The van der Waals surface area contributed by atoms with Crippen LogP contribution in [0, 0.1) is 0 Å². The van der Waals surface area contributed by atoms with Crippen molar-refractivity contribution in [3.8, 4) is 5.75 Å². The minimum absolute atomic E-state index is 0.344. The summed E-state index contributed by atoms with van der Waals surface area (Å²) in [6, 6.07) is 14.8. The summed E-state index contributed by atoms with van der Waals surface area (Å²) in [4.78, 5) is 11.7. The lowest BCUT2D eigenvalue weighted by atomic mass is 10.2. The van der Waals surface area contributed by atoms with Crippen molar-refractivity contribution in [3.63, 3.8) is 0 Å². The number of methoxy groups -OCH3 is 1. The Labute approximate surface area is 174 Å². The molecule has 0 spiro atoms. The minimum Gasteiger partial charge on any atom is -0.497 e. The number of nitrogens with one attached hydrogen (secondary N) is 2. The van der Waals surface area contributed by atoms with Crippen molar-refractivity contribution in [3.05, 3.63) is 72.1 Å². The fraction of sp³-hybridized carbons (Fsp3) is 0.190. The zero-order valence-corrected chi connectivity index (χ0v) is 17.0. The van der Waals surface area contributed by atoms with E-state index in [1.165, 1.54) is 0 Å². The first-order chi connectivity index (χ1) is 14.1. The zero-order valence-electron chi connectivity index (χ0n) is 16.2. The second-order valence-corrected chi connectivity index (χ2v) is 6.56. The highest BCUT2D eigenvalue weighted by Gasteiger charge is 2.07. The van der Waals surface area contributed by atoms with Crippen LogP contribution < -0.4 is 15.4 Å². The van der Waals surface area contributed by atoms with Crippen molar-refractivity contribution in [2.75, 3.05) is 24.4 Å². The Morgan fingerprint density at radius 3 is 2.62 bits per heavy atom. The third-order valence-corrected chi connectivity index (χ3v) is 4.23. The number of aromatic nitrogens is 2. The maximum atomic E-state index is 11.7. The topological polar surface area (TPSA) is 77.4 Å². The highest BCUT2D eigenvalue weighted by Crippen LogP contribution is 2.15. The SMILES string of the molecule is CCOC(=O)c1ccc(NC(=S)Nc2cnn(Cc3cccc(OC)c3)c2)cc1. The monoisotopic (exact) mass is 410 g/mol. The van der Waals surface area contributed by atoms with Crippen LogP contribution in [0.1, 0.15) is 22.8 Å². The number of esters is 1. The molecule has 3 rings (SSSR count). The van der Waals surface area contributed by atoms with E-state index >= 15 is 0 Å². The molecule has 0 radical (unpaired) electrons. The number of nitrogens with zero attached hydrogens (tertiary/aromatic N) is 2. The predicted octanol–water partition coefficient (Wildman–Crippen LogP) is 3.93. The number of rotatable bonds is 7. The standard InChI is InChI=1S/C21H22N4O3S/c1-3-28-20(26)16-7-9-17(10-8-16)23-21(29)24-18-12-22-25(14-18)13-15-5-4-6-19(11-15)27-2/h4-12,14H,3,13H2,1-2H3,(H2,23,24,29). The van der Waals surface area contributed by atoms with Gasteiger partial charge in [-0.3, -0.25) is 4.68 Å². The van der Waals surface area contributed by atoms with Gasteiger partial charge in [-0.05, 0) is 61.1 Å². The third-order valence-electron chi connectivity index (χ3n) is 4.02. The molecule has 2 aromatic carbocycles.